The van der Waals surface area contributed by atoms with Crippen LogP contribution in [0.4, 0.5) is 0 Å². The standard InChI is InChI=1S/C24H32N2O5/c1-16(27)25-11-7-17(8-12-25)23(29)26-13-9-24(10-14-26)19-5-3-15-30-21(19)18-4-2-6-20(28)22(18)31-24/h2,4,6,17,19,21,28H,3,5,7-15H2,1H3/t19-,21+/m0/s1. The quantitative estimate of drug-likeness (QED) is 0.744. The van der Waals surface area contributed by atoms with Gasteiger partial charge in [-0.3, -0.25) is 9.59 Å². The van der Waals surface area contributed by atoms with E-state index in [0.717, 1.165) is 50.7 Å². The molecule has 31 heavy (non-hydrogen) atoms. The number of fused-ring (bicyclic) bond motifs is 4. The van der Waals surface area contributed by atoms with Gasteiger partial charge < -0.3 is 24.4 Å². The van der Waals surface area contributed by atoms with E-state index in [0.29, 0.717) is 31.9 Å². The number of rotatable bonds is 1. The fourth-order valence-electron chi connectivity index (χ4n) is 6.06. The highest BCUT2D eigenvalue weighted by molar-refractivity contribution is 5.80. The SMILES string of the molecule is CC(=O)N1CCC(C(=O)N2CCC3(CC2)Oc2c(O)cccc2[C@H]2OCCC[C@@H]23)CC1. The number of phenolic OH excluding ortho intramolecular Hbond substituents is 1. The molecule has 1 aromatic carbocycles. The molecule has 4 heterocycles. The van der Waals surface area contributed by atoms with E-state index in [1.165, 1.54) is 0 Å². The van der Waals surface area contributed by atoms with Crippen LogP contribution in [0.5, 0.6) is 11.5 Å². The first-order valence-electron chi connectivity index (χ1n) is 11.7. The van der Waals surface area contributed by atoms with Crippen molar-refractivity contribution in [1.82, 2.24) is 9.80 Å². The normalized spacial score (nSPS) is 27.9. The number of benzene rings is 1. The van der Waals surface area contributed by atoms with Gasteiger partial charge in [0.2, 0.25) is 11.8 Å². The third kappa shape index (κ3) is 3.56. The average Bonchev–Trinajstić information content (AvgIpc) is 2.80. The number of piperidine rings is 2. The minimum atomic E-state index is -0.397. The van der Waals surface area contributed by atoms with Crippen molar-refractivity contribution in [3.8, 4) is 11.5 Å². The average molecular weight is 429 g/mol. The van der Waals surface area contributed by atoms with E-state index in [4.69, 9.17) is 9.47 Å². The lowest BCUT2D eigenvalue weighted by molar-refractivity contribution is -0.160. The Kier molecular flexibility index (Phi) is 5.32. The zero-order chi connectivity index (χ0) is 21.6. The minimum absolute atomic E-state index is 0.00690. The van der Waals surface area contributed by atoms with Crippen LogP contribution < -0.4 is 4.74 Å². The van der Waals surface area contributed by atoms with Crippen LogP contribution in [-0.2, 0) is 14.3 Å². The van der Waals surface area contributed by atoms with Crippen LogP contribution in [0.2, 0.25) is 0 Å². The molecule has 3 saturated heterocycles. The molecule has 7 nitrogen and oxygen atoms in total. The Morgan fingerprint density at radius 1 is 1.06 bits per heavy atom. The van der Waals surface area contributed by atoms with Gasteiger partial charge >= 0.3 is 0 Å². The van der Waals surface area contributed by atoms with Gasteiger partial charge in [0.05, 0.1) is 6.10 Å². The molecule has 1 aromatic rings. The maximum absolute atomic E-state index is 13.2. The number of phenols is 1. The van der Waals surface area contributed by atoms with Crippen molar-refractivity contribution in [3.05, 3.63) is 23.8 Å². The maximum atomic E-state index is 13.2. The summed E-state index contributed by atoms with van der Waals surface area (Å²) in [7, 11) is 0. The van der Waals surface area contributed by atoms with Crippen molar-refractivity contribution < 1.29 is 24.2 Å². The molecule has 2 atom stereocenters. The Labute approximate surface area is 183 Å². The number of nitrogens with zero attached hydrogens (tertiary/aromatic N) is 2. The Balaban J connectivity index is 1.29. The third-order valence-corrected chi connectivity index (χ3v) is 7.85. The molecule has 0 aromatic heterocycles. The zero-order valence-electron chi connectivity index (χ0n) is 18.2. The van der Waals surface area contributed by atoms with Gasteiger partial charge in [0.25, 0.3) is 0 Å². The van der Waals surface area contributed by atoms with Crippen molar-refractivity contribution in [2.75, 3.05) is 32.8 Å². The van der Waals surface area contributed by atoms with Crippen molar-refractivity contribution in [3.63, 3.8) is 0 Å². The molecule has 3 fully saturated rings. The summed E-state index contributed by atoms with van der Waals surface area (Å²) in [4.78, 5) is 28.5. The van der Waals surface area contributed by atoms with E-state index >= 15 is 0 Å². The van der Waals surface area contributed by atoms with Crippen molar-refractivity contribution >= 4 is 11.8 Å². The number of aromatic hydroxyl groups is 1. The molecule has 7 heteroatoms. The van der Waals surface area contributed by atoms with Crippen LogP contribution in [0.3, 0.4) is 0 Å². The van der Waals surface area contributed by atoms with Gasteiger partial charge in [0.1, 0.15) is 5.60 Å². The molecule has 0 saturated carbocycles. The number of para-hydroxylation sites is 1. The lowest BCUT2D eigenvalue weighted by Gasteiger charge is -2.53. The van der Waals surface area contributed by atoms with Crippen LogP contribution in [0.1, 0.15) is 57.1 Å². The van der Waals surface area contributed by atoms with Gasteiger partial charge in [0, 0.05) is 70.0 Å². The molecule has 1 N–H and O–H groups in total. The number of amides is 2. The fraction of sp³-hybridized carbons (Fsp3) is 0.667. The first-order chi connectivity index (χ1) is 15.0. The van der Waals surface area contributed by atoms with Gasteiger partial charge in [-0.2, -0.15) is 0 Å². The summed E-state index contributed by atoms with van der Waals surface area (Å²) in [5, 5.41) is 10.5. The molecule has 1 spiro atoms. The Hall–Kier alpha value is -2.28. The van der Waals surface area contributed by atoms with Crippen molar-refractivity contribution in [2.24, 2.45) is 11.8 Å². The number of carbonyl (C=O) groups excluding carboxylic acids is 2. The van der Waals surface area contributed by atoms with Crippen molar-refractivity contribution in [2.45, 2.75) is 57.2 Å². The van der Waals surface area contributed by atoms with E-state index in [9.17, 15) is 14.7 Å². The van der Waals surface area contributed by atoms with Gasteiger partial charge in [-0.1, -0.05) is 12.1 Å². The fourth-order valence-corrected chi connectivity index (χ4v) is 6.06. The highest BCUT2D eigenvalue weighted by Crippen LogP contribution is 2.55. The second-order valence-corrected chi connectivity index (χ2v) is 9.51. The van der Waals surface area contributed by atoms with E-state index in [1.807, 2.05) is 21.9 Å². The molecule has 0 bridgehead atoms. The molecule has 5 rings (SSSR count). The topological polar surface area (TPSA) is 79.3 Å². The summed E-state index contributed by atoms with van der Waals surface area (Å²) in [6, 6.07) is 5.52. The Morgan fingerprint density at radius 2 is 1.81 bits per heavy atom. The molecule has 0 unspecified atom stereocenters. The molecule has 168 valence electrons. The van der Waals surface area contributed by atoms with E-state index in [-0.39, 0.29) is 35.5 Å². The first-order valence-corrected chi connectivity index (χ1v) is 11.7. The molecular weight excluding hydrogens is 396 g/mol. The number of ether oxygens (including phenoxy) is 2. The Bertz CT molecular complexity index is 856. The van der Waals surface area contributed by atoms with Crippen LogP contribution >= 0.6 is 0 Å². The maximum Gasteiger partial charge on any atom is 0.225 e. The summed E-state index contributed by atoms with van der Waals surface area (Å²) in [5.41, 5.74) is 0.553. The van der Waals surface area contributed by atoms with E-state index < -0.39 is 5.60 Å². The minimum Gasteiger partial charge on any atom is -0.504 e. The summed E-state index contributed by atoms with van der Waals surface area (Å²) >= 11 is 0. The van der Waals surface area contributed by atoms with Crippen molar-refractivity contribution in [1.29, 1.82) is 0 Å². The molecular formula is C24H32N2O5. The molecule has 4 aliphatic rings. The number of hydrogen-bond donors (Lipinski definition) is 1. The highest BCUT2D eigenvalue weighted by Gasteiger charge is 2.53. The monoisotopic (exact) mass is 428 g/mol. The lowest BCUT2D eigenvalue weighted by atomic mass is 9.69. The number of likely N-dealkylation sites (tertiary alicyclic amines) is 2. The molecule has 2 amide bonds. The second-order valence-electron chi connectivity index (χ2n) is 9.51. The number of carbonyl (C=O) groups is 2. The highest BCUT2D eigenvalue weighted by atomic mass is 16.5. The third-order valence-electron chi connectivity index (χ3n) is 7.85. The van der Waals surface area contributed by atoms with Crippen LogP contribution in [-0.4, -0.2) is 65.1 Å². The number of hydrogen-bond acceptors (Lipinski definition) is 5. The summed E-state index contributed by atoms with van der Waals surface area (Å²) in [6.07, 6.45) is 5.00. The summed E-state index contributed by atoms with van der Waals surface area (Å²) in [5.74, 6) is 1.28. The van der Waals surface area contributed by atoms with Gasteiger partial charge in [-0.25, -0.2) is 0 Å². The van der Waals surface area contributed by atoms with Crippen LogP contribution in [0, 0.1) is 11.8 Å². The predicted octanol–water partition coefficient (Wildman–Crippen LogP) is 2.87. The summed E-state index contributed by atoms with van der Waals surface area (Å²) in [6.45, 7) is 4.99. The smallest absolute Gasteiger partial charge is 0.225 e. The zero-order valence-corrected chi connectivity index (χ0v) is 18.2. The van der Waals surface area contributed by atoms with Crippen LogP contribution in [0.25, 0.3) is 0 Å². The Morgan fingerprint density at radius 3 is 2.52 bits per heavy atom. The van der Waals surface area contributed by atoms with E-state index in [1.54, 1.807) is 13.0 Å². The van der Waals surface area contributed by atoms with Gasteiger partial charge in [0.15, 0.2) is 11.5 Å². The molecule has 4 aliphatic heterocycles. The lowest BCUT2D eigenvalue weighted by Crippen LogP contribution is -2.58. The predicted molar refractivity (Wildman–Crippen MR) is 114 cm³/mol. The summed E-state index contributed by atoms with van der Waals surface area (Å²) < 4.78 is 12.7. The first kappa shape index (κ1) is 20.6. The van der Waals surface area contributed by atoms with E-state index in [2.05, 4.69) is 0 Å². The van der Waals surface area contributed by atoms with Gasteiger partial charge in [-0.15, -0.1) is 0 Å². The molecule has 0 aliphatic carbocycles. The molecule has 0 radical (unpaired) electrons. The second kappa shape index (κ2) is 8.01. The largest absolute Gasteiger partial charge is 0.504 e. The van der Waals surface area contributed by atoms with Crippen LogP contribution in [0.15, 0.2) is 18.2 Å². The van der Waals surface area contributed by atoms with Gasteiger partial charge in [-0.05, 0) is 31.7 Å².